The summed E-state index contributed by atoms with van der Waals surface area (Å²) < 4.78 is 0. The first-order chi connectivity index (χ1) is 13.0. The highest BCUT2D eigenvalue weighted by atomic mass is 35.5. The number of nitrogens with one attached hydrogen (secondary N) is 2. The summed E-state index contributed by atoms with van der Waals surface area (Å²) in [6.45, 7) is 0. The Hall–Kier alpha value is -2.53. The minimum absolute atomic E-state index is 0.272. The van der Waals surface area contributed by atoms with Crippen molar-refractivity contribution in [3.05, 3.63) is 92.9 Å². The molecule has 0 aliphatic carbocycles. The van der Waals surface area contributed by atoms with Crippen molar-refractivity contribution >= 4 is 58.0 Å². The molecule has 0 spiro atoms. The summed E-state index contributed by atoms with van der Waals surface area (Å²) in [5.41, 5.74) is 1.46. The first-order valence-electron chi connectivity index (χ1n) is 7.87. The molecule has 0 saturated carbocycles. The fourth-order valence-electron chi connectivity index (χ4n) is 2.37. The van der Waals surface area contributed by atoms with Crippen molar-refractivity contribution in [2.24, 2.45) is 0 Å². The van der Waals surface area contributed by atoms with Gasteiger partial charge in [-0.2, -0.15) is 0 Å². The Balaban J connectivity index is 1.83. The maximum atomic E-state index is 12.6. The molecule has 0 unspecified atom stereocenters. The van der Waals surface area contributed by atoms with Gasteiger partial charge in [-0.1, -0.05) is 59.1 Å². The van der Waals surface area contributed by atoms with Crippen molar-refractivity contribution < 1.29 is 9.59 Å². The monoisotopic (exact) mass is 418 g/mol. The second-order valence-electron chi connectivity index (χ2n) is 5.56. The first-order valence-corrected chi connectivity index (χ1v) is 9.00. The molecular weight excluding hydrogens is 407 g/mol. The summed E-state index contributed by atoms with van der Waals surface area (Å²) >= 11 is 17.9. The van der Waals surface area contributed by atoms with Gasteiger partial charge >= 0.3 is 0 Å². The fourth-order valence-corrected chi connectivity index (χ4v) is 2.86. The van der Waals surface area contributed by atoms with Gasteiger partial charge in [0.25, 0.3) is 11.8 Å². The van der Waals surface area contributed by atoms with Gasteiger partial charge in [-0.25, -0.2) is 0 Å². The summed E-state index contributed by atoms with van der Waals surface area (Å²) in [5.74, 6) is -0.806. The van der Waals surface area contributed by atoms with Crippen LogP contribution in [0.3, 0.4) is 0 Å². The Kier molecular flexibility index (Phi) is 6.01. The molecule has 7 heteroatoms. The number of hydrogen-bond donors (Lipinski definition) is 2. The molecule has 0 aromatic heterocycles. The third kappa shape index (κ3) is 4.61. The van der Waals surface area contributed by atoms with Crippen LogP contribution < -0.4 is 10.6 Å². The summed E-state index contributed by atoms with van der Waals surface area (Å²) in [6.07, 6.45) is 0. The molecule has 0 radical (unpaired) electrons. The zero-order chi connectivity index (χ0) is 19.4. The van der Waals surface area contributed by atoms with Crippen molar-refractivity contribution in [2.75, 3.05) is 10.6 Å². The Morgan fingerprint density at radius 3 is 1.96 bits per heavy atom. The molecule has 27 heavy (non-hydrogen) atoms. The molecule has 2 N–H and O–H groups in total. The summed E-state index contributed by atoms with van der Waals surface area (Å²) in [4.78, 5) is 25.1. The minimum atomic E-state index is -0.411. The smallest absolute Gasteiger partial charge is 0.257 e. The second-order valence-corrected chi connectivity index (χ2v) is 6.78. The van der Waals surface area contributed by atoms with E-state index in [4.69, 9.17) is 34.8 Å². The van der Waals surface area contributed by atoms with E-state index in [0.29, 0.717) is 32.5 Å². The van der Waals surface area contributed by atoms with E-state index < -0.39 is 11.8 Å². The predicted octanol–water partition coefficient (Wildman–Crippen LogP) is 6.15. The Labute approximate surface area is 171 Å². The van der Waals surface area contributed by atoms with E-state index in [1.807, 2.05) is 0 Å². The quantitative estimate of drug-likeness (QED) is 0.533. The van der Waals surface area contributed by atoms with Gasteiger partial charge in [-0.3, -0.25) is 9.59 Å². The number of carbonyl (C=O) groups excluding carboxylic acids is 2. The average molecular weight is 420 g/mol. The van der Waals surface area contributed by atoms with Gasteiger partial charge in [0.2, 0.25) is 0 Å². The summed E-state index contributed by atoms with van der Waals surface area (Å²) in [7, 11) is 0. The van der Waals surface area contributed by atoms with Crippen LogP contribution in [0.1, 0.15) is 20.7 Å². The number of rotatable bonds is 4. The molecule has 0 fully saturated rings. The maximum Gasteiger partial charge on any atom is 0.257 e. The number of anilines is 2. The van der Waals surface area contributed by atoms with Crippen LogP contribution in [0.15, 0.2) is 66.7 Å². The molecule has 0 saturated heterocycles. The van der Waals surface area contributed by atoms with Crippen LogP contribution in [0.4, 0.5) is 11.4 Å². The van der Waals surface area contributed by atoms with E-state index in [-0.39, 0.29) is 5.02 Å². The van der Waals surface area contributed by atoms with Crippen LogP contribution >= 0.6 is 34.8 Å². The summed E-state index contributed by atoms with van der Waals surface area (Å²) in [6, 6.07) is 18.1. The molecule has 136 valence electrons. The molecule has 0 aliphatic rings. The molecule has 3 aromatic carbocycles. The van der Waals surface area contributed by atoms with Crippen molar-refractivity contribution in [1.82, 2.24) is 0 Å². The molecule has 2 amide bonds. The highest BCUT2D eigenvalue weighted by molar-refractivity contribution is 6.42. The van der Waals surface area contributed by atoms with Gasteiger partial charge in [-0.05, 0) is 42.5 Å². The van der Waals surface area contributed by atoms with E-state index in [0.717, 1.165) is 0 Å². The number of carbonyl (C=O) groups is 2. The number of amides is 2. The largest absolute Gasteiger partial charge is 0.321 e. The Bertz CT molecular complexity index is 1020. The van der Waals surface area contributed by atoms with Crippen LogP contribution in [0, 0.1) is 0 Å². The third-order valence-electron chi connectivity index (χ3n) is 3.72. The number of para-hydroxylation sites is 2. The molecular formula is C20H13Cl3N2O2. The van der Waals surface area contributed by atoms with E-state index in [1.54, 1.807) is 54.6 Å². The van der Waals surface area contributed by atoms with E-state index in [1.165, 1.54) is 12.1 Å². The van der Waals surface area contributed by atoms with E-state index in [2.05, 4.69) is 10.6 Å². The van der Waals surface area contributed by atoms with Crippen LogP contribution in [0.5, 0.6) is 0 Å². The first kappa shape index (κ1) is 19.2. The van der Waals surface area contributed by atoms with Gasteiger partial charge in [0.1, 0.15) is 0 Å². The SMILES string of the molecule is O=C(Nc1ccccc1C(=O)Nc1ccccc1Cl)c1ccc(Cl)c(Cl)c1. The number of hydrogen-bond acceptors (Lipinski definition) is 2. The zero-order valence-electron chi connectivity index (χ0n) is 13.8. The predicted molar refractivity (Wildman–Crippen MR) is 110 cm³/mol. The van der Waals surface area contributed by atoms with Crippen molar-refractivity contribution in [3.8, 4) is 0 Å². The molecule has 0 heterocycles. The molecule has 3 rings (SSSR count). The third-order valence-corrected chi connectivity index (χ3v) is 4.79. The highest BCUT2D eigenvalue weighted by Crippen LogP contribution is 2.25. The minimum Gasteiger partial charge on any atom is -0.321 e. The molecule has 0 bridgehead atoms. The second kappa shape index (κ2) is 8.44. The normalized spacial score (nSPS) is 10.3. The number of halogens is 3. The van der Waals surface area contributed by atoms with Gasteiger partial charge < -0.3 is 10.6 Å². The van der Waals surface area contributed by atoms with Crippen LogP contribution in [0.2, 0.25) is 15.1 Å². The lowest BCUT2D eigenvalue weighted by atomic mass is 10.1. The van der Waals surface area contributed by atoms with Crippen molar-refractivity contribution in [2.45, 2.75) is 0 Å². The van der Waals surface area contributed by atoms with Gasteiger partial charge in [-0.15, -0.1) is 0 Å². The van der Waals surface area contributed by atoms with E-state index >= 15 is 0 Å². The average Bonchev–Trinajstić information content (AvgIpc) is 2.66. The molecule has 0 atom stereocenters. The Morgan fingerprint density at radius 2 is 1.26 bits per heavy atom. The maximum absolute atomic E-state index is 12.6. The van der Waals surface area contributed by atoms with Crippen molar-refractivity contribution in [3.63, 3.8) is 0 Å². The lowest BCUT2D eigenvalue weighted by Gasteiger charge is -2.12. The highest BCUT2D eigenvalue weighted by Gasteiger charge is 2.15. The van der Waals surface area contributed by atoms with Crippen LogP contribution in [-0.4, -0.2) is 11.8 Å². The zero-order valence-corrected chi connectivity index (χ0v) is 16.1. The molecule has 3 aromatic rings. The van der Waals surface area contributed by atoms with Gasteiger partial charge in [0, 0.05) is 5.56 Å². The fraction of sp³-hybridized carbons (Fsp3) is 0. The van der Waals surface area contributed by atoms with Gasteiger partial charge in [0.05, 0.1) is 32.0 Å². The van der Waals surface area contributed by atoms with Crippen molar-refractivity contribution in [1.29, 1.82) is 0 Å². The van der Waals surface area contributed by atoms with Crippen LogP contribution in [-0.2, 0) is 0 Å². The molecule has 0 aliphatic heterocycles. The topological polar surface area (TPSA) is 58.2 Å². The van der Waals surface area contributed by atoms with Gasteiger partial charge in [0.15, 0.2) is 0 Å². The number of benzene rings is 3. The lowest BCUT2D eigenvalue weighted by Crippen LogP contribution is -2.18. The van der Waals surface area contributed by atoms with Crippen LogP contribution in [0.25, 0.3) is 0 Å². The lowest BCUT2D eigenvalue weighted by molar-refractivity contribution is 0.102. The summed E-state index contributed by atoms with van der Waals surface area (Å²) in [5, 5.41) is 6.50. The van der Waals surface area contributed by atoms with E-state index in [9.17, 15) is 9.59 Å². The standard InChI is InChI=1S/C20H13Cl3N2O2/c21-14-10-9-12(11-16(14)23)19(26)24-17-7-3-1-5-13(17)20(27)25-18-8-4-2-6-15(18)22/h1-11H,(H,24,26)(H,25,27). The molecule has 4 nitrogen and oxygen atoms in total. The Morgan fingerprint density at radius 1 is 0.630 bits per heavy atom.